The monoisotopic (exact) mass is 468 g/mol. The molecule has 1 fully saturated rings. The molecule has 0 spiro atoms. The van der Waals surface area contributed by atoms with Crippen molar-refractivity contribution in [3.63, 3.8) is 0 Å². The fourth-order valence-corrected chi connectivity index (χ4v) is 4.30. The number of piperazine rings is 1. The Bertz CT molecular complexity index is 1280. The minimum Gasteiger partial charge on any atom is -0.485 e. The zero-order valence-electron chi connectivity index (χ0n) is 19.8. The number of allylic oxidation sites excluding steroid dienone is 1. The Morgan fingerprint density at radius 3 is 2.43 bits per heavy atom. The van der Waals surface area contributed by atoms with Crippen LogP contribution in [0.1, 0.15) is 48.1 Å². The molecule has 3 N–H and O–H groups in total. The zero-order valence-corrected chi connectivity index (χ0v) is 19.8. The summed E-state index contributed by atoms with van der Waals surface area (Å²) in [5.41, 5.74) is 4.83. The van der Waals surface area contributed by atoms with Crippen molar-refractivity contribution in [2.75, 3.05) is 19.7 Å². The maximum Gasteiger partial charge on any atom is 0.268 e. The molecule has 0 bridgehead atoms. The third-order valence-corrected chi connectivity index (χ3v) is 6.28. The second-order valence-electron chi connectivity index (χ2n) is 8.94. The predicted octanol–water partition coefficient (Wildman–Crippen LogP) is 4.22. The molecule has 0 aliphatic carbocycles. The van der Waals surface area contributed by atoms with Crippen molar-refractivity contribution >= 4 is 17.2 Å². The SMILES string of the molecule is CC(C)c1ccc(C2COc3cc(/C(C(=N)c4ccncc4)=C4/NCCNC4=O)ccc3O2)cc1. The second kappa shape index (κ2) is 9.62. The smallest absolute Gasteiger partial charge is 0.268 e. The van der Waals surface area contributed by atoms with Gasteiger partial charge in [0.2, 0.25) is 0 Å². The Kier molecular flexibility index (Phi) is 6.23. The lowest BCUT2D eigenvalue weighted by Crippen LogP contribution is -2.44. The van der Waals surface area contributed by atoms with Crippen molar-refractivity contribution in [3.8, 4) is 11.5 Å². The molecule has 1 saturated heterocycles. The van der Waals surface area contributed by atoms with Gasteiger partial charge in [-0.1, -0.05) is 44.2 Å². The quantitative estimate of drug-likeness (QED) is 0.385. The van der Waals surface area contributed by atoms with Gasteiger partial charge in [-0.25, -0.2) is 0 Å². The highest BCUT2D eigenvalue weighted by molar-refractivity contribution is 6.34. The van der Waals surface area contributed by atoms with Crippen LogP contribution >= 0.6 is 0 Å². The van der Waals surface area contributed by atoms with Crippen LogP contribution in [0.4, 0.5) is 0 Å². The second-order valence-corrected chi connectivity index (χ2v) is 8.94. The van der Waals surface area contributed by atoms with E-state index in [1.54, 1.807) is 24.5 Å². The molecule has 178 valence electrons. The average Bonchev–Trinajstić information content (AvgIpc) is 2.90. The molecule has 1 amide bonds. The lowest BCUT2D eigenvalue weighted by atomic mass is 9.93. The van der Waals surface area contributed by atoms with Gasteiger partial charge in [0.15, 0.2) is 17.6 Å². The number of hydrogen-bond acceptors (Lipinski definition) is 6. The van der Waals surface area contributed by atoms with E-state index in [9.17, 15) is 4.79 Å². The van der Waals surface area contributed by atoms with E-state index >= 15 is 0 Å². The van der Waals surface area contributed by atoms with Crippen LogP contribution in [0.15, 0.2) is 72.7 Å². The van der Waals surface area contributed by atoms with Crippen molar-refractivity contribution in [1.82, 2.24) is 15.6 Å². The lowest BCUT2D eigenvalue weighted by molar-refractivity contribution is -0.118. The van der Waals surface area contributed by atoms with Crippen molar-refractivity contribution in [1.29, 1.82) is 5.41 Å². The summed E-state index contributed by atoms with van der Waals surface area (Å²) in [6.45, 7) is 5.86. The number of aromatic nitrogens is 1. The van der Waals surface area contributed by atoms with Crippen LogP contribution in [0, 0.1) is 5.41 Å². The Morgan fingerprint density at radius 1 is 0.971 bits per heavy atom. The highest BCUT2D eigenvalue weighted by Gasteiger charge is 2.27. The predicted molar refractivity (Wildman–Crippen MR) is 135 cm³/mol. The molecule has 2 aliphatic rings. The van der Waals surface area contributed by atoms with E-state index in [1.165, 1.54) is 5.56 Å². The molecule has 1 unspecified atom stereocenters. The third-order valence-electron chi connectivity index (χ3n) is 6.28. The highest BCUT2D eigenvalue weighted by Crippen LogP contribution is 2.39. The molecule has 7 heteroatoms. The summed E-state index contributed by atoms with van der Waals surface area (Å²) in [7, 11) is 0. The van der Waals surface area contributed by atoms with Gasteiger partial charge in [0.05, 0.1) is 5.71 Å². The number of nitrogens with zero attached hydrogens (tertiary/aromatic N) is 1. The van der Waals surface area contributed by atoms with Gasteiger partial charge in [-0.15, -0.1) is 0 Å². The van der Waals surface area contributed by atoms with E-state index in [-0.39, 0.29) is 17.7 Å². The summed E-state index contributed by atoms with van der Waals surface area (Å²) < 4.78 is 12.4. The Hall–Kier alpha value is -4.13. The van der Waals surface area contributed by atoms with Gasteiger partial charge in [-0.3, -0.25) is 15.2 Å². The summed E-state index contributed by atoms with van der Waals surface area (Å²) in [6, 6.07) is 17.5. The van der Waals surface area contributed by atoms with Crippen LogP contribution in [-0.4, -0.2) is 36.3 Å². The van der Waals surface area contributed by atoms with E-state index in [0.29, 0.717) is 59.5 Å². The Morgan fingerprint density at radius 2 is 1.71 bits per heavy atom. The van der Waals surface area contributed by atoms with Crippen LogP contribution in [0.25, 0.3) is 5.57 Å². The number of nitrogens with one attached hydrogen (secondary N) is 3. The van der Waals surface area contributed by atoms with Gasteiger partial charge in [0.1, 0.15) is 12.3 Å². The van der Waals surface area contributed by atoms with E-state index in [1.807, 2.05) is 18.2 Å². The first-order valence-corrected chi connectivity index (χ1v) is 11.8. The first-order chi connectivity index (χ1) is 17.0. The van der Waals surface area contributed by atoms with Gasteiger partial charge in [-0.2, -0.15) is 0 Å². The lowest BCUT2D eigenvalue weighted by Gasteiger charge is -2.28. The number of ether oxygens (including phenoxy) is 2. The van der Waals surface area contributed by atoms with Crippen molar-refractivity contribution in [2.45, 2.75) is 25.9 Å². The molecule has 35 heavy (non-hydrogen) atoms. The molecule has 7 nitrogen and oxygen atoms in total. The van der Waals surface area contributed by atoms with Crippen molar-refractivity contribution in [3.05, 3.63) is 94.9 Å². The summed E-state index contributed by atoms with van der Waals surface area (Å²) in [5.74, 6) is 1.47. The van der Waals surface area contributed by atoms with Gasteiger partial charge < -0.3 is 20.1 Å². The van der Waals surface area contributed by atoms with Gasteiger partial charge in [0, 0.05) is 36.6 Å². The van der Waals surface area contributed by atoms with Gasteiger partial charge >= 0.3 is 0 Å². The molecule has 2 aromatic carbocycles. The number of amides is 1. The fraction of sp³-hybridized carbons (Fsp3) is 0.250. The van der Waals surface area contributed by atoms with Crippen molar-refractivity contribution < 1.29 is 14.3 Å². The van der Waals surface area contributed by atoms with Gasteiger partial charge in [-0.05, 0) is 46.9 Å². The highest BCUT2D eigenvalue weighted by atomic mass is 16.6. The molecule has 1 atom stereocenters. The van der Waals surface area contributed by atoms with E-state index in [2.05, 4.69) is 53.7 Å². The standard InChI is InChI=1S/C28H28N4O3/c1-17(2)18-3-5-19(6-4-18)24-16-34-23-15-21(7-8-22(23)35-24)25(27-28(33)32-14-13-31-27)26(29)20-9-11-30-12-10-20/h3-12,15,17,24,29,31H,13-14,16H2,1-2H3,(H,32,33)/b27-25-,29-26?. The Balaban J connectivity index is 1.47. The minimum atomic E-state index is -0.232. The molecular weight excluding hydrogens is 440 g/mol. The maximum atomic E-state index is 12.7. The van der Waals surface area contributed by atoms with Crippen LogP contribution in [-0.2, 0) is 4.79 Å². The van der Waals surface area contributed by atoms with E-state index in [0.717, 1.165) is 5.56 Å². The van der Waals surface area contributed by atoms with Crippen LogP contribution in [0.3, 0.4) is 0 Å². The summed E-state index contributed by atoms with van der Waals surface area (Å²) in [5, 5.41) is 14.9. The molecule has 0 saturated carbocycles. The van der Waals surface area contributed by atoms with Crippen LogP contribution < -0.4 is 20.1 Å². The molecule has 3 aromatic rings. The van der Waals surface area contributed by atoms with Gasteiger partial charge in [0.25, 0.3) is 5.91 Å². The minimum absolute atomic E-state index is 0.201. The van der Waals surface area contributed by atoms with E-state index in [4.69, 9.17) is 14.9 Å². The first-order valence-electron chi connectivity index (χ1n) is 11.8. The zero-order chi connectivity index (χ0) is 24.4. The molecule has 0 radical (unpaired) electrons. The number of rotatable bonds is 5. The number of carbonyl (C=O) groups excluding carboxylic acids is 1. The number of carbonyl (C=O) groups is 1. The van der Waals surface area contributed by atoms with E-state index < -0.39 is 0 Å². The number of benzene rings is 2. The molecule has 3 heterocycles. The van der Waals surface area contributed by atoms with Crippen LogP contribution in [0.2, 0.25) is 0 Å². The first kappa shape index (κ1) is 22.7. The summed E-state index contributed by atoms with van der Waals surface area (Å²) >= 11 is 0. The summed E-state index contributed by atoms with van der Waals surface area (Å²) in [6.07, 6.45) is 3.07. The normalized spacial score (nSPS) is 18.5. The van der Waals surface area contributed by atoms with Crippen LogP contribution in [0.5, 0.6) is 11.5 Å². The molecule has 1 aromatic heterocycles. The molecule has 5 rings (SSSR count). The third kappa shape index (κ3) is 4.62. The Labute approximate surface area is 204 Å². The number of fused-ring (bicyclic) bond motifs is 1. The fourth-order valence-electron chi connectivity index (χ4n) is 4.30. The van der Waals surface area contributed by atoms with Crippen molar-refractivity contribution in [2.24, 2.45) is 0 Å². The molecule has 2 aliphatic heterocycles. The summed E-state index contributed by atoms with van der Waals surface area (Å²) in [4.78, 5) is 16.7. The topological polar surface area (TPSA) is 96.3 Å². The number of hydrogen-bond donors (Lipinski definition) is 3. The largest absolute Gasteiger partial charge is 0.485 e. The maximum absolute atomic E-state index is 12.7. The molecular formula is C28H28N4O3. The average molecular weight is 469 g/mol. The number of pyridine rings is 1.